The van der Waals surface area contributed by atoms with Crippen molar-refractivity contribution in [3.05, 3.63) is 77.1 Å². The molecule has 0 spiro atoms. The van der Waals surface area contributed by atoms with Crippen molar-refractivity contribution in [2.75, 3.05) is 13.2 Å². The van der Waals surface area contributed by atoms with Gasteiger partial charge < -0.3 is 14.4 Å². The van der Waals surface area contributed by atoms with Gasteiger partial charge in [0.15, 0.2) is 5.69 Å². The Morgan fingerprint density at radius 3 is 2.50 bits per heavy atom. The van der Waals surface area contributed by atoms with Crippen LogP contribution in [-0.4, -0.2) is 30.2 Å². The molecule has 0 radical (unpaired) electrons. The van der Waals surface area contributed by atoms with Crippen LogP contribution in [0.2, 0.25) is 0 Å². The maximum Gasteiger partial charge on any atom is 0.410 e. The Morgan fingerprint density at radius 1 is 1.07 bits per heavy atom. The lowest BCUT2D eigenvalue weighted by Gasteiger charge is -2.39. The molecule has 0 bridgehead atoms. The minimum Gasteiger partial charge on any atom is -0.445 e. The van der Waals surface area contributed by atoms with Crippen molar-refractivity contribution < 1.29 is 14.3 Å². The van der Waals surface area contributed by atoms with E-state index in [0.29, 0.717) is 18.2 Å². The van der Waals surface area contributed by atoms with Crippen LogP contribution >= 0.6 is 0 Å². The molecule has 0 unspecified atom stereocenters. The van der Waals surface area contributed by atoms with E-state index >= 15 is 0 Å². The Hall–Kier alpha value is -2.84. The van der Waals surface area contributed by atoms with Crippen LogP contribution in [0.3, 0.4) is 0 Å². The van der Waals surface area contributed by atoms with Gasteiger partial charge >= 0.3 is 6.09 Å². The normalized spacial score (nSPS) is 21.5. The fourth-order valence-corrected chi connectivity index (χ4v) is 4.12. The first-order valence-corrected chi connectivity index (χ1v) is 10.8. The highest BCUT2D eigenvalue weighted by Crippen LogP contribution is 2.35. The van der Waals surface area contributed by atoms with Gasteiger partial charge in [-0.05, 0) is 42.7 Å². The summed E-state index contributed by atoms with van der Waals surface area (Å²) in [6.45, 7) is 8.87. The number of nitrogens with zero attached hydrogens (tertiary/aromatic N) is 2. The molecular weight excluding hydrogens is 376 g/mol. The number of hydrogen-bond donors (Lipinski definition) is 0. The van der Waals surface area contributed by atoms with Crippen molar-refractivity contribution in [2.45, 2.75) is 50.9 Å². The molecule has 1 aliphatic carbocycles. The molecule has 1 amide bonds. The fourth-order valence-electron chi connectivity index (χ4n) is 4.12. The van der Waals surface area contributed by atoms with Crippen LogP contribution in [0.1, 0.15) is 49.3 Å². The number of likely N-dealkylation sites (tertiary alicyclic amines) is 1. The molecule has 1 saturated carbocycles. The van der Waals surface area contributed by atoms with Gasteiger partial charge in [-0.3, -0.25) is 0 Å². The lowest BCUT2D eigenvalue weighted by molar-refractivity contribution is -0.0383. The predicted octanol–water partition coefficient (Wildman–Crippen LogP) is 5.90. The van der Waals surface area contributed by atoms with E-state index in [-0.39, 0.29) is 24.8 Å². The van der Waals surface area contributed by atoms with Crippen molar-refractivity contribution >= 4 is 11.8 Å². The van der Waals surface area contributed by atoms with Gasteiger partial charge in [0.25, 0.3) is 0 Å². The van der Waals surface area contributed by atoms with Gasteiger partial charge in [-0.2, -0.15) is 0 Å². The van der Waals surface area contributed by atoms with Crippen molar-refractivity contribution in [3.63, 3.8) is 0 Å². The second kappa shape index (κ2) is 9.77. The smallest absolute Gasteiger partial charge is 0.410 e. The van der Waals surface area contributed by atoms with E-state index in [1.165, 1.54) is 19.3 Å². The van der Waals surface area contributed by atoms with E-state index in [2.05, 4.69) is 4.85 Å². The van der Waals surface area contributed by atoms with Crippen LogP contribution in [0.5, 0.6) is 0 Å². The summed E-state index contributed by atoms with van der Waals surface area (Å²) in [6.07, 6.45) is 5.28. The molecule has 30 heavy (non-hydrogen) atoms. The molecule has 0 aromatic heterocycles. The number of carbonyl (C=O) groups is 1. The molecule has 0 N–H and O–H groups in total. The number of benzene rings is 2. The van der Waals surface area contributed by atoms with Crippen LogP contribution in [0.4, 0.5) is 10.5 Å². The van der Waals surface area contributed by atoms with E-state index in [0.717, 1.165) is 30.6 Å². The molecule has 5 nitrogen and oxygen atoms in total. The first-order chi connectivity index (χ1) is 14.7. The molecule has 5 heteroatoms. The molecule has 1 saturated heterocycles. The van der Waals surface area contributed by atoms with Crippen LogP contribution in [-0.2, 0) is 16.1 Å². The van der Waals surface area contributed by atoms with Crippen LogP contribution in [0.15, 0.2) is 54.6 Å². The van der Waals surface area contributed by atoms with Gasteiger partial charge in [-0.1, -0.05) is 61.0 Å². The zero-order valence-electron chi connectivity index (χ0n) is 17.2. The largest absolute Gasteiger partial charge is 0.445 e. The zero-order valence-corrected chi connectivity index (χ0v) is 17.2. The number of carbonyl (C=O) groups excluding carboxylic acids is 1. The summed E-state index contributed by atoms with van der Waals surface area (Å²) in [6, 6.07) is 17.2. The van der Waals surface area contributed by atoms with E-state index in [4.69, 9.17) is 16.0 Å². The van der Waals surface area contributed by atoms with Crippen molar-refractivity contribution in [2.24, 2.45) is 5.92 Å². The third kappa shape index (κ3) is 5.01. The second-order valence-electron chi connectivity index (χ2n) is 8.23. The average molecular weight is 405 g/mol. The predicted molar refractivity (Wildman–Crippen MR) is 115 cm³/mol. The standard InChI is InChI=1S/C25H28N2O3/c1-26-22-12-10-21(11-13-22)24-16-23(29-17-20-8-5-9-20)14-15-27(24)25(28)30-18-19-6-3-2-4-7-19/h2-4,6-7,10-13,20,23-24H,5,8-9,14-18H2/t23-,24-/m0/s1. The highest BCUT2D eigenvalue weighted by molar-refractivity contribution is 5.68. The summed E-state index contributed by atoms with van der Waals surface area (Å²) in [5.41, 5.74) is 2.60. The van der Waals surface area contributed by atoms with Crippen molar-refractivity contribution in [3.8, 4) is 0 Å². The topological polar surface area (TPSA) is 43.1 Å². The monoisotopic (exact) mass is 404 g/mol. The second-order valence-corrected chi connectivity index (χ2v) is 8.23. The number of hydrogen-bond acceptors (Lipinski definition) is 3. The maximum absolute atomic E-state index is 12.9. The number of rotatable bonds is 6. The lowest BCUT2D eigenvalue weighted by Crippen LogP contribution is -2.44. The molecule has 156 valence electrons. The minimum atomic E-state index is -0.296. The van der Waals surface area contributed by atoms with E-state index in [9.17, 15) is 4.79 Å². The van der Waals surface area contributed by atoms with Crippen LogP contribution < -0.4 is 0 Å². The molecule has 2 aromatic carbocycles. The Balaban J connectivity index is 1.44. The van der Waals surface area contributed by atoms with E-state index in [1.807, 2.05) is 59.5 Å². The molecule has 2 fully saturated rings. The third-order valence-corrected chi connectivity index (χ3v) is 6.19. The van der Waals surface area contributed by atoms with Gasteiger partial charge in [0.1, 0.15) is 6.61 Å². The first kappa shape index (κ1) is 20.4. The quantitative estimate of drug-likeness (QED) is 0.563. The van der Waals surface area contributed by atoms with Gasteiger partial charge in [0.2, 0.25) is 0 Å². The van der Waals surface area contributed by atoms with Crippen molar-refractivity contribution in [1.29, 1.82) is 0 Å². The lowest BCUT2D eigenvalue weighted by atomic mass is 9.86. The van der Waals surface area contributed by atoms with Gasteiger partial charge in [-0.25, -0.2) is 9.64 Å². The third-order valence-electron chi connectivity index (χ3n) is 6.19. The SMILES string of the molecule is [C-]#[N+]c1ccc([C@@H]2C[C@@H](OCC3CCC3)CCN2C(=O)OCc2ccccc2)cc1. The van der Waals surface area contributed by atoms with Crippen LogP contribution in [0, 0.1) is 12.5 Å². The Morgan fingerprint density at radius 2 is 1.83 bits per heavy atom. The Bertz CT molecular complexity index is 872. The summed E-state index contributed by atoms with van der Waals surface area (Å²) in [4.78, 5) is 18.2. The number of ether oxygens (including phenoxy) is 2. The Kier molecular flexibility index (Phi) is 6.66. The summed E-state index contributed by atoms with van der Waals surface area (Å²) in [5.74, 6) is 0.704. The number of amides is 1. The number of piperidine rings is 1. The highest BCUT2D eigenvalue weighted by atomic mass is 16.6. The van der Waals surface area contributed by atoms with Crippen molar-refractivity contribution in [1.82, 2.24) is 4.90 Å². The van der Waals surface area contributed by atoms with Gasteiger partial charge in [0, 0.05) is 13.2 Å². The molecule has 2 atom stereocenters. The maximum atomic E-state index is 12.9. The fraction of sp³-hybridized carbons (Fsp3) is 0.440. The van der Waals surface area contributed by atoms with Crippen LogP contribution in [0.25, 0.3) is 4.85 Å². The van der Waals surface area contributed by atoms with E-state index in [1.54, 1.807) is 0 Å². The highest BCUT2D eigenvalue weighted by Gasteiger charge is 2.34. The zero-order chi connectivity index (χ0) is 20.8. The average Bonchev–Trinajstić information content (AvgIpc) is 2.77. The molecular formula is C25H28N2O3. The molecule has 2 aliphatic rings. The summed E-state index contributed by atoms with van der Waals surface area (Å²) >= 11 is 0. The van der Waals surface area contributed by atoms with Gasteiger partial charge in [-0.15, -0.1) is 0 Å². The molecule has 1 heterocycles. The first-order valence-electron chi connectivity index (χ1n) is 10.8. The minimum absolute atomic E-state index is 0.104. The summed E-state index contributed by atoms with van der Waals surface area (Å²) < 4.78 is 11.8. The summed E-state index contributed by atoms with van der Waals surface area (Å²) in [7, 11) is 0. The molecule has 2 aromatic rings. The van der Waals surface area contributed by atoms with Gasteiger partial charge in [0.05, 0.1) is 18.7 Å². The Labute approximate surface area is 178 Å². The molecule has 4 rings (SSSR count). The molecule has 1 aliphatic heterocycles. The summed E-state index contributed by atoms with van der Waals surface area (Å²) in [5, 5.41) is 0. The van der Waals surface area contributed by atoms with E-state index < -0.39 is 0 Å².